The number of rotatable bonds is 5. The lowest BCUT2D eigenvalue weighted by molar-refractivity contribution is -0.115. The first kappa shape index (κ1) is 22.8. The van der Waals surface area contributed by atoms with E-state index in [0.29, 0.717) is 39.5 Å². The van der Waals surface area contributed by atoms with Gasteiger partial charge in [0.15, 0.2) is 0 Å². The summed E-state index contributed by atoms with van der Waals surface area (Å²) in [5, 5.41) is 8.23. The average molecular weight is 458 g/mol. The third-order valence-corrected chi connectivity index (χ3v) is 5.84. The molecule has 0 saturated heterocycles. The van der Waals surface area contributed by atoms with Crippen molar-refractivity contribution in [2.45, 2.75) is 27.7 Å². The molecule has 0 unspecified atom stereocenters. The number of aryl methyl sites for hydroxylation is 3. The average Bonchev–Trinajstić information content (AvgIpc) is 3.23. The van der Waals surface area contributed by atoms with Gasteiger partial charge in [0.05, 0.1) is 29.1 Å². The number of nitrogens with two attached hydrogens (primary N) is 1. The topological polar surface area (TPSA) is 129 Å². The molecule has 4 rings (SSSR count). The van der Waals surface area contributed by atoms with E-state index in [1.54, 1.807) is 25.1 Å². The zero-order valence-corrected chi connectivity index (χ0v) is 19.6. The van der Waals surface area contributed by atoms with Crippen LogP contribution < -0.4 is 21.7 Å². The highest BCUT2D eigenvalue weighted by Crippen LogP contribution is 2.34. The Balaban J connectivity index is 1.50. The van der Waals surface area contributed by atoms with Gasteiger partial charge in [-0.25, -0.2) is 0 Å². The first-order chi connectivity index (χ1) is 16.1. The Bertz CT molecular complexity index is 1370. The SMILES string of the molecule is Cc1ccc(NC(=O)CNC(=O)c2c(C)[nH]c(/C=C3\C(=O)Nc4ccc(C)cc43)c2C)c(N)c1. The molecule has 0 spiro atoms. The van der Waals surface area contributed by atoms with Crippen LogP contribution in [0.4, 0.5) is 17.1 Å². The fraction of sp³-hybridized carbons (Fsp3) is 0.192. The summed E-state index contributed by atoms with van der Waals surface area (Å²) in [5.74, 6) is -0.952. The predicted molar refractivity (Wildman–Crippen MR) is 135 cm³/mol. The van der Waals surface area contributed by atoms with Crippen molar-refractivity contribution >= 4 is 46.4 Å². The highest BCUT2D eigenvalue weighted by Gasteiger charge is 2.25. The molecule has 0 saturated carbocycles. The molecule has 6 N–H and O–H groups in total. The van der Waals surface area contributed by atoms with Gasteiger partial charge in [0, 0.05) is 22.6 Å². The van der Waals surface area contributed by atoms with Crippen molar-refractivity contribution in [1.29, 1.82) is 0 Å². The Morgan fingerprint density at radius 1 is 1.03 bits per heavy atom. The van der Waals surface area contributed by atoms with E-state index in [4.69, 9.17) is 5.73 Å². The molecule has 0 bridgehead atoms. The van der Waals surface area contributed by atoms with E-state index in [0.717, 1.165) is 22.4 Å². The van der Waals surface area contributed by atoms with E-state index < -0.39 is 0 Å². The van der Waals surface area contributed by atoms with Gasteiger partial charge in [0.2, 0.25) is 5.91 Å². The minimum absolute atomic E-state index is 0.190. The largest absolute Gasteiger partial charge is 0.397 e. The number of benzene rings is 2. The van der Waals surface area contributed by atoms with Gasteiger partial charge < -0.3 is 26.7 Å². The molecule has 0 fully saturated rings. The molecule has 0 radical (unpaired) electrons. The maximum absolute atomic E-state index is 12.9. The Labute approximate surface area is 197 Å². The fourth-order valence-corrected chi connectivity index (χ4v) is 4.09. The number of H-pyrrole nitrogens is 1. The maximum Gasteiger partial charge on any atom is 0.256 e. The van der Waals surface area contributed by atoms with E-state index in [-0.39, 0.29) is 24.3 Å². The molecule has 2 aromatic carbocycles. The summed E-state index contributed by atoms with van der Waals surface area (Å²) in [6.07, 6.45) is 1.76. The molecule has 1 aromatic heterocycles. The number of fused-ring (bicyclic) bond motifs is 1. The molecule has 0 atom stereocenters. The van der Waals surface area contributed by atoms with Gasteiger partial charge in [-0.2, -0.15) is 0 Å². The second kappa shape index (κ2) is 8.90. The highest BCUT2D eigenvalue weighted by molar-refractivity contribution is 6.35. The zero-order chi connectivity index (χ0) is 24.6. The molecule has 1 aliphatic heterocycles. The monoisotopic (exact) mass is 457 g/mol. The van der Waals surface area contributed by atoms with Crippen LogP contribution in [0.25, 0.3) is 11.6 Å². The van der Waals surface area contributed by atoms with Crippen molar-refractivity contribution in [3.63, 3.8) is 0 Å². The van der Waals surface area contributed by atoms with Gasteiger partial charge in [0.25, 0.3) is 11.8 Å². The van der Waals surface area contributed by atoms with Crippen molar-refractivity contribution in [1.82, 2.24) is 10.3 Å². The molecule has 8 nitrogen and oxygen atoms in total. The number of amides is 3. The summed E-state index contributed by atoms with van der Waals surface area (Å²) >= 11 is 0. The number of nitrogens with one attached hydrogen (secondary N) is 4. The Kier molecular flexibility index (Phi) is 5.98. The smallest absolute Gasteiger partial charge is 0.256 e. The molecular formula is C26H27N5O3. The van der Waals surface area contributed by atoms with E-state index in [1.807, 2.05) is 45.0 Å². The lowest BCUT2D eigenvalue weighted by Gasteiger charge is -2.10. The lowest BCUT2D eigenvalue weighted by Crippen LogP contribution is -2.33. The van der Waals surface area contributed by atoms with Crippen molar-refractivity contribution in [2.75, 3.05) is 22.9 Å². The minimum atomic E-state index is -0.383. The number of nitrogen functional groups attached to an aromatic ring is 1. The van der Waals surface area contributed by atoms with E-state index in [2.05, 4.69) is 20.9 Å². The lowest BCUT2D eigenvalue weighted by atomic mass is 10.0. The van der Waals surface area contributed by atoms with Crippen LogP contribution in [-0.4, -0.2) is 29.3 Å². The normalized spacial score (nSPS) is 13.5. The van der Waals surface area contributed by atoms with Gasteiger partial charge in [-0.3, -0.25) is 14.4 Å². The molecule has 3 amide bonds. The quantitative estimate of drug-likeness (QED) is 0.296. The summed E-state index contributed by atoms with van der Waals surface area (Å²) in [6.45, 7) is 7.26. The summed E-state index contributed by atoms with van der Waals surface area (Å²) in [7, 11) is 0. The minimum Gasteiger partial charge on any atom is -0.397 e. The van der Waals surface area contributed by atoms with Crippen LogP contribution in [0.1, 0.15) is 44.0 Å². The van der Waals surface area contributed by atoms with Gasteiger partial charge in [-0.05, 0) is 69.2 Å². The molecule has 3 aromatic rings. The van der Waals surface area contributed by atoms with Crippen LogP contribution in [0.3, 0.4) is 0 Å². The molecule has 1 aliphatic rings. The van der Waals surface area contributed by atoms with Crippen LogP contribution in [-0.2, 0) is 9.59 Å². The van der Waals surface area contributed by atoms with Crippen LogP contribution in [0, 0.1) is 27.7 Å². The molecule has 174 valence electrons. The van der Waals surface area contributed by atoms with Gasteiger partial charge >= 0.3 is 0 Å². The van der Waals surface area contributed by atoms with Crippen LogP contribution >= 0.6 is 0 Å². The number of carbonyl (C=O) groups is 3. The molecule has 8 heteroatoms. The first-order valence-electron chi connectivity index (χ1n) is 10.9. The summed E-state index contributed by atoms with van der Waals surface area (Å²) in [5.41, 5.74) is 13.5. The number of anilines is 3. The number of aromatic nitrogens is 1. The van der Waals surface area contributed by atoms with E-state index in [9.17, 15) is 14.4 Å². The Morgan fingerprint density at radius 2 is 1.74 bits per heavy atom. The van der Waals surface area contributed by atoms with E-state index >= 15 is 0 Å². The summed E-state index contributed by atoms with van der Waals surface area (Å²) < 4.78 is 0. The van der Waals surface area contributed by atoms with Gasteiger partial charge in [0.1, 0.15) is 0 Å². The van der Waals surface area contributed by atoms with Crippen LogP contribution in [0.2, 0.25) is 0 Å². The van der Waals surface area contributed by atoms with Crippen molar-refractivity contribution in [3.05, 3.63) is 75.6 Å². The van der Waals surface area contributed by atoms with Crippen molar-refractivity contribution in [2.24, 2.45) is 0 Å². The molecule has 0 aliphatic carbocycles. The van der Waals surface area contributed by atoms with E-state index in [1.165, 1.54) is 0 Å². The zero-order valence-electron chi connectivity index (χ0n) is 19.6. The maximum atomic E-state index is 12.9. The Morgan fingerprint density at radius 3 is 2.47 bits per heavy atom. The molecule has 34 heavy (non-hydrogen) atoms. The number of hydrogen-bond acceptors (Lipinski definition) is 4. The van der Waals surface area contributed by atoms with Crippen molar-refractivity contribution in [3.8, 4) is 0 Å². The third-order valence-electron chi connectivity index (χ3n) is 5.84. The first-order valence-corrected chi connectivity index (χ1v) is 10.9. The number of hydrogen-bond donors (Lipinski definition) is 5. The molecular weight excluding hydrogens is 430 g/mol. The predicted octanol–water partition coefficient (Wildman–Crippen LogP) is 3.69. The highest BCUT2D eigenvalue weighted by atomic mass is 16.2. The van der Waals surface area contributed by atoms with Crippen LogP contribution in [0.5, 0.6) is 0 Å². The standard InChI is InChI=1S/C26H27N5O3/c1-13-5-7-20-17(9-13)18(25(33)31-20)11-22-15(3)24(16(4)29-22)26(34)28-12-23(32)30-21-8-6-14(2)10-19(21)27/h5-11,29H,12,27H2,1-4H3,(H,28,34)(H,30,32)(H,31,33)/b18-11-. The van der Waals surface area contributed by atoms with Gasteiger partial charge in [-0.15, -0.1) is 0 Å². The van der Waals surface area contributed by atoms with Crippen molar-refractivity contribution < 1.29 is 14.4 Å². The third kappa shape index (κ3) is 4.43. The van der Waals surface area contributed by atoms with Gasteiger partial charge in [-0.1, -0.05) is 17.7 Å². The second-order valence-corrected chi connectivity index (χ2v) is 8.55. The van der Waals surface area contributed by atoms with Crippen LogP contribution in [0.15, 0.2) is 36.4 Å². The summed E-state index contributed by atoms with van der Waals surface area (Å²) in [4.78, 5) is 40.9. The molecule has 2 heterocycles. The summed E-state index contributed by atoms with van der Waals surface area (Å²) in [6, 6.07) is 11.1. The fourth-order valence-electron chi connectivity index (χ4n) is 4.09. The Hall–Kier alpha value is -4.33. The number of carbonyl (C=O) groups excluding carboxylic acids is 3. The second-order valence-electron chi connectivity index (χ2n) is 8.55. The number of aromatic amines is 1.